The molecule has 0 fully saturated rings. The predicted octanol–water partition coefficient (Wildman–Crippen LogP) is 5.41. The number of thiophene rings is 1. The Hall–Kier alpha value is -2.83. The minimum atomic E-state index is -0.366. The van der Waals surface area contributed by atoms with Crippen LogP contribution in [0.25, 0.3) is 0 Å². The molecule has 0 saturated carbocycles. The highest BCUT2D eigenvalue weighted by Crippen LogP contribution is 2.37. The molecule has 1 aromatic carbocycles. The second kappa shape index (κ2) is 11.3. The lowest BCUT2D eigenvalue weighted by Crippen LogP contribution is -2.33. The maximum absolute atomic E-state index is 13.2. The molecule has 1 unspecified atom stereocenters. The Morgan fingerprint density at radius 2 is 2.00 bits per heavy atom. The fraction of sp³-hybridized carbons (Fsp3) is 0.462. The van der Waals surface area contributed by atoms with E-state index in [-0.39, 0.29) is 28.4 Å². The van der Waals surface area contributed by atoms with Gasteiger partial charge in [0.2, 0.25) is 17.7 Å². The number of anilines is 2. The van der Waals surface area contributed by atoms with Crippen LogP contribution in [0.4, 0.5) is 10.7 Å². The lowest BCUT2D eigenvalue weighted by Gasteiger charge is -2.25. The van der Waals surface area contributed by atoms with E-state index in [2.05, 4.69) is 16.7 Å². The van der Waals surface area contributed by atoms with Crippen LogP contribution in [0.1, 0.15) is 63.5 Å². The number of fused-ring (bicyclic) bond motifs is 1. The summed E-state index contributed by atoms with van der Waals surface area (Å²) in [6, 6.07) is 9.74. The molecule has 1 atom stereocenters. The fourth-order valence-electron chi connectivity index (χ4n) is 3.89. The first-order valence-corrected chi connectivity index (χ1v) is 13.4. The minimum absolute atomic E-state index is 0.00687. The topological polar surface area (TPSA) is 102 Å². The van der Waals surface area contributed by atoms with E-state index < -0.39 is 0 Å². The number of amides is 3. The van der Waals surface area contributed by atoms with Gasteiger partial charge in [-0.25, -0.2) is 0 Å². The zero-order chi connectivity index (χ0) is 25.8. The van der Waals surface area contributed by atoms with Crippen molar-refractivity contribution >= 4 is 51.5 Å². The van der Waals surface area contributed by atoms with Gasteiger partial charge in [-0.2, -0.15) is 5.26 Å². The highest BCUT2D eigenvalue weighted by molar-refractivity contribution is 8.00. The van der Waals surface area contributed by atoms with E-state index in [4.69, 9.17) is 0 Å². The monoisotopic (exact) mass is 512 g/mol. The van der Waals surface area contributed by atoms with E-state index in [1.807, 2.05) is 52.0 Å². The molecule has 35 heavy (non-hydrogen) atoms. The third-order valence-corrected chi connectivity index (χ3v) is 8.09. The number of hydrogen-bond donors (Lipinski definition) is 2. The first-order chi connectivity index (χ1) is 16.5. The summed E-state index contributed by atoms with van der Waals surface area (Å²) in [5, 5.41) is 15.8. The third-order valence-electron chi connectivity index (χ3n) is 5.60. The van der Waals surface area contributed by atoms with Crippen LogP contribution in [-0.4, -0.2) is 34.4 Å². The molecule has 0 saturated heterocycles. The van der Waals surface area contributed by atoms with Gasteiger partial charge in [0, 0.05) is 35.3 Å². The molecule has 2 N–H and O–H groups in total. The van der Waals surface area contributed by atoms with Gasteiger partial charge in [0.1, 0.15) is 11.1 Å². The minimum Gasteiger partial charge on any atom is -0.337 e. The molecule has 7 nitrogen and oxygen atoms in total. The van der Waals surface area contributed by atoms with Crippen LogP contribution in [-0.2, 0) is 27.3 Å². The number of carbonyl (C=O) groups excluding carboxylic acids is 3. The van der Waals surface area contributed by atoms with Crippen molar-refractivity contribution in [2.24, 2.45) is 5.41 Å². The molecule has 1 aliphatic rings. The van der Waals surface area contributed by atoms with E-state index >= 15 is 0 Å². The molecule has 9 heteroatoms. The molecule has 0 bridgehead atoms. The molecule has 2 heterocycles. The zero-order valence-corrected chi connectivity index (χ0v) is 22.5. The summed E-state index contributed by atoms with van der Waals surface area (Å²) in [4.78, 5) is 40.8. The summed E-state index contributed by atoms with van der Waals surface area (Å²) in [6.07, 6.45) is 1.63. The van der Waals surface area contributed by atoms with Gasteiger partial charge in [-0.3, -0.25) is 14.4 Å². The van der Waals surface area contributed by atoms with Gasteiger partial charge in [-0.15, -0.1) is 23.1 Å². The summed E-state index contributed by atoms with van der Waals surface area (Å²) < 4.78 is 0. The van der Waals surface area contributed by atoms with Crippen molar-refractivity contribution in [3.63, 3.8) is 0 Å². The number of nitrogens with zero attached hydrogens (tertiary/aromatic N) is 2. The number of hydrogen-bond acceptors (Lipinski definition) is 6. The maximum atomic E-state index is 13.2. The van der Waals surface area contributed by atoms with Gasteiger partial charge < -0.3 is 15.5 Å². The second-order valence-corrected chi connectivity index (χ2v) is 12.2. The highest BCUT2D eigenvalue weighted by Gasteiger charge is 2.28. The Bertz CT molecular complexity index is 1160. The fourth-order valence-corrected chi connectivity index (χ4v) is 6.12. The van der Waals surface area contributed by atoms with Crippen LogP contribution < -0.4 is 10.6 Å². The van der Waals surface area contributed by atoms with E-state index in [9.17, 15) is 19.6 Å². The van der Waals surface area contributed by atoms with E-state index in [1.54, 1.807) is 11.8 Å². The zero-order valence-electron chi connectivity index (χ0n) is 20.9. The summed E-state index contributed by atoms with van der Waals surface area (Å²) in [7, 11) is 0. The highest BCUT2D eigenvalue weighted by atomic mass is 32.2. The average molecular weight is 513 g/mol. The van der Waals surface area contributed by atoms with E-state index in [0.29, 0.717) is 48.6 Å². The van der Waals surface area contributed by atoms with Crippen molar-refractivity contribution in [2.45, 2.75) is 70.6 Å². The Kier molecular flexibility index (Phi) is 8.62. The number of benzene rings is 1. The van der Waals surface area contributed by atoms with Crippen LogP contribution >= 0.6 is 23.1 Å². The molecule has 3 rings (SSSR count). The van der Waals surface area contributed by atoms with E-state index in [0.717, 1.165) is 15.3 Å². The molecule has 3 amide bonds. The number of carbonyl (C=O) groups is 3. The molecular weight excluding hydrogens is 480 g/mol. The van der Waals surface area contributed by atoms with Gasteiger partial charge in [0.15, 0.2) is 0 Å². The van der Waals surface area contributed by atoms with Gasteiger partial charge in [-0.1, -0.05) is 33.8 Å². The van der Waals surface area contributed by atoms with Crippen LogP contribution in [0.2, 0.25) is 0 Å². The van der Waals surface area contributed by atoms with Gasteiger partial charge >= 0.3 is 0 Å². The van der Waals surface area contributed by atoms with Crippen molar-refractivity contribution < 1.29 is 14.4 Å². The molecule has 1 aromatic heterocycles. The summed E-state index contributed by atoms with van der Waals surface area (Å²) >= 11 is 2.81. The Balaban J connectivity index is 1.70. The van der Waals surface area contributed by atoms with Gasteiger partial charge in [0.05, 0.1) is 17.4 Å². The number of thioether (sulfide) groups is 1. The first kappa shape index (κ1) is 26.8. The number of nitriles is 1. The Morgan fingerprint density at radius 3 is 2.63 bits per heavy atom. The summed E-state index contributed by atoms with van der Waals surface area (Å²) in [5.41, 5.74) is 2.04. The van der Waals surface area contributed by atoms with Crippen molar-refractivity contribution in [3.8, 4) is 6.07 Å². The lowest BCUT2D eigenvalue weighted by atomic mass is 9.92. The third kappa shape index (κ3) is 7.09. The van der Waals surface area contributed by atoms with E-state index in [1.165, 1.54) is 23.1 Å². The maximum Gasteiger partial charge on any atom is 0.238 e. The summed E-state index contributed by atoms with van der Waals surface area (Å²) in [6.45, 7) is 10.6. The summed E-state index contributed by atoms with van der Waals surface area (Å²) in [5.74, 6) is -0.205. The lowest BCUT2D eigenvalue weighted by molar-refractivity contribution is -0.129. The normalized spacial score (nSPS) is 14.0. The largest absolute Gasteiger partial charge is 0.337 e. The number of rotatable bonds is 7. The van der Waals surface area contributed by atoms with Crippen LogP contribution in [0.5, 0.6) is 0 Å². The van der Waals surface area contributed by atoms with Crippen LogP contribution in [0, 0.1) is 16.7 Å². The van der Waals surface area contributed by atoms with Crippen molar-refractivity contribution in [3.05, 3.63) is 40.3 Å². The Labute approximate surface area is 215 Å². The van der Waals surface area contributed by atoms with Gasteiger partial charge in [-0.05, 0) is 42.0 Å². The number of nitrogens with one attached hydrogen (secondary N) is 2. The molecule has 0 spiro atoms. The quantitative estimate of drug-likeness (QED) is 0.483. The first-order valence-electron chi connectivity index (χ1n) is 11.7. The van der Waals surface area contributed by atoms with Crippen LogP contribution in [0.3, 0.4) is 0 Å². The second-order valence-electron chi connectivity index (χ2n) is 9.83. The molecular formula is C26H32N4O3S2. The van der Waals surface area contributed by atoms with Crippen molar-refractivity contribution in [1.82, 2.24) is 4.90 Å². The molecule has 186 valence electrons. The molecule has 1 aliphatic heterocycles. The van der Waals surface area contributed by atoms with Crippen molar-refractivity contribution in [1.29, 1.82) is 5.26 Å². The van der Waals surface area contributed by atoms with Gasteiger partial charge in [0.25, 0.3) is 0 Å². The average Bonchev–Trinajstić information content (AvgIpc) is 3.12. The standard InChI is InChI=1S/C26H32N4O3S2/c1-6-21(34-18-9-7-8-17(12-18)28-23(32)13-26(3,4)5)24(33)29-25-20(14-27)19-10-11-30(16(2)31)15-22(19)35-25/h7-9,12,21H,6,10-11,13,15H2,1-5H3,(H,28,32)(H,29,33). The predicted molar refractivity (Wildman–Crippen MR) is 142 cm³/mol. The molecule has 0 aliphatic carbocycles. The molecule has 0 radical (unpaired) electrons. The molecule has 2 aromatic rings. The van der Waals surface area contributed by atoms with Crippen molar-refractivity contribution in [2.75, 3.05) is 17.2 Å². The SMILES string of the molecule is CCC(Sc1cccc(NC(=O)CC(C)(C)C)c1)C(=O)Nc1sc2c(c1C#N)CCN(C(C)=O)C2. The smallest absolute Gasteiger partial charge is 0.238 e. The van der Waals surface area contributed by atoms with Crippen LogP contribution in [0.15, 0.2) is 29.2 Å². The Morgan fingerprint density at radius 1 is 1.26 bits per heavy atom.